The smallest absolute Gasteiger partial charge is 0.450 e. The van der Waals surface area contributed by atoms with Crippen LogP contribution in [0.15, 0.2) is 0 Å². The molecule has 0 aromatic rings. The summed E-state index contributed by atoms with van der Waals surface area (Å²) in [6, 6.07) is 0. The van der Waals surface area contributed by atoms with Crippen LogP contribution in [0.1, 0.15) is 0 Å². The average Bonchev–Trinajstić information content (AvgIpc) is 0.811. The van der Waals surface area contributed by atoms with Gasteiger partial charge in [0.1, 0.15) is 0 Å². The molecule has 0 saturated heterocycles. The van der Waals surface area contributed by atoms with Crippen LogP contribution in [0.5, 0.6) is 0 Å². The molecule has 0 radical (unpaired) electrons. The predicted octanol–water partition coefficient (Wildman–Crippen LogP) is -2.19. The Morgan fingerprint density at radius 3 is 1.12 bits per heavy atom. The maximum Gasteiger partial charge on any atom is 3.00 e. The van der Waals surface area contributed by atoms with Crippen molar-refractivity contribution in [2.45, 2.75) is 0 Å². The summed E-state index contributed by atoms with van der Waals surface area (Å²) in [6.07, 6.45) is -1.83. The molecule has 0 spiro atoms. The van der Waals surface area contributed by atoms with Crippen LogP contribution in [0.3, 0.4) is 0 Å². The first-order valence-corrected chi connectivity index (χ1v) is 0.651. The van der Waals surface area contributed by atoms with Gasteiger partial charge in [-0.3, -0.25) is 0 Å². The zero-order chi connectivity index (χ0) is 3.58. The van der Waals surface area contributed by atoms with Gasteiger partial charge in [0.25, 0.3) is 0 Å². The second-order valence-electron chi connectivity index (χ2n) is 0.283. The van der Waals surface area contributed by atoms with E-state index in [1.165, 1.54) is 0 Å². The minimum Gasteiger partial charge on any atom is -0.450 e. The molecule has 6 N–H and O–H groups in total. The minimum atomic E-state index is -1.83. The Morgan fingerprint density at radius 1 is 1.12 bits per heavy atom. The fourth-order valence-corrected chi connectivity index (χ4v) is 0. The topological polar surface area (TPSA) is 121 Å². The summed E-state index contributed by atoms with van der Waals surface area (Å²) in [5, 5.41) is 13.9. The molecule has 0 aliphatic heterocycles. The van der Waals surface area contributed by atoms with Gasteiger partial charge < -0.3 is 21.2 Å². The molecule has 7 heteroatoms. The van der Waals surface area contributed by atoms with Gasteiger partial charge in [0, 0.05) is 0 Å². The third-order valence-electron chi connectivity index (χ3n) is 0. The molecule has 0 unspecified atom stereocenters. The monoisotopic (exact) mass is 149 g/mol. The summed E-state index contributed by atoms with van der Waals surface area (Å²) in [6.45, 7) is 0. The van der Waals surface area contributed by atoms with Crippen molar-refractivity contribution in [3.05, 3.63) is 0 Å². The zero-order valence-corrected chi connectivity index (χ0v) is 6.66. The minimum absolute atomic E-state index is 0. The Kier molecular flexibility index (Phi) is 127. The number of rotatable bonds is 0. The van der Waals surface area contributed by atoms with E-state index in [0.717, 1.165) is 0 Å². The van der Waals surface area contributed by atoms with E-state index in [9.17, 15) is 0 Å². The van der Waals surface area contributed by atoms with Crippen LogP contribution in [0, 0.1) is 0 Å². The van der Waals surface area contributed by atoms with Crippen molar-refractivity contribution in [3.63, 3.8) is 0 Å². The molecule has 0 atom stereocenters. The third kappa shape index (κ3) is 818. The van der Waals surface area contributed by atoms with Crippen LogP contribution in [0.4, 0.5) is 4.79 Å². The summed E-state index contributed by atoms with van der Waals surface area (Å²) < 4.78 is 0. The van der Waals surface area contributed by atoms with Gasteiger partial charge in [0.2, 0.25) is 0 Å². The molecular formula is CH6AlMgO5+5. The molecule has 0 aromatic heterocycles. The van der Waals surface area contributed by atoms with E-state index in [4.69, 9.17) is 15.0 Å². The molecule has 0 heterocycles. The molecule has 0 fully saturated rings. The summed E-state index contributed by atoms with van der Waals surface area (Å²) >= 11 is 0. The molecule has 0 aliphatic rings. The van der Waals surface area contributed by atoms with Gasteiger partial charge in [-0.1, -0.05) is 0 Å². The first kappa shape index (κ1) is 39.1. The first-order chi connectivity index (χ1) is 1.73. The SMILES string of the molecule is O.O.O=C(O)O.[Al+3].[Mg+2]. The largest absolute Gasteiger partial charge is 3.00 e. The Labute approximate surface area is 72.6 Å². The van der Waals surface area contributed by atoms with Crippen LogP contribution >= 0.6 is 0 Å². The summed E-state index contributed by atoms with van der Waals surface area (Å²) in [5.41, 5.74) is 0. The van der Waals surface area contributed by atoms with Gasteiger partial charge in [-0.2, -0.15) is 0 Å². The maximum absolute atomic E-state index is 8.56. The Hall–Kier alpha value is 0.489. The number of carboxylic acid groups (broad SMARTS) is 2. The Balaban J connectivity index is -0.00000000750. The van der Waals surface area contributed by atoms with Crippen molar-refractivity contribution in [1.82, 2.24) is 0 Å². The zero-order valence-electron chi connectivity index (χ0n) is 4.09. The van der Waals surface area contributed by atoms with E-state index in [-0.39, 0.29) is 51.4 Å². The Morgan fingerprint density at radius 2 is 1.12 bits per heavy atom. The predicted molar refractivity (Wildman–Crippen MR) is 29.4 cm³/mol. The van der Waals surface area contributed by atoms with Gasteiger partial charge in [-0.05, 0) is 0 Å². The van der Waals surface area contributed by atoms with Crippen LogP contribution < -0.4 is 0 Å². The molecule has 0 amide bonds. The fourth-order valence-electron chi connectivity index (χ4n) is 0. The van der Waals surface area contributed by atoms with Crippen molar-refractivity contribution in [1.29, 1.82) is 0 Å². The van der Waals surface area contributed by atoms with Crippen molar-refractivity contribution in [2.75, 3.05) is 0 Å². The quantitative estimate of drug-likeness (QED) is 0.380. The molecule has 0 rings (SSSR count). The molecular weight excluding hydrogens is 143 g/mol. The van der Waals surface area contributed by atoms with Gasteiger partial charge in [-0.25, -0.2) is 4.79 Å². The van der Waals surface area contributed by atoms with Crippen molar-refractivity contribution in [3.8, 4) is 0 Å². The van der Waals surface area contributed by atoms with E-state index in [0.29, 0.717) is 0 Å². The standard InChI is InChI=1S/CH2O3.Al.Mg.2H2O/c2-1(3)4;;;;/h(H2,2,3,4);;;2*1H2/q;+3;+2;;. The number of hydrogen-bond donors (Lipinski definition) is 2. The summed E-state index contributed by atoms with van der Waals surface area (Å²) in [7, 11) is 0. The van der Waals surface area contributed by atoms with Crippen LogP contribution in [-0.2, 0) is 0 Å². The van der Waals surface area contributed by atoms with E-state index >= 15 is 0 Å². The third-order valence-corrected chi connectivity index (χ3v) is 0. The van der Waals surface area contributed by atoms with Crippen molar-refractivity contribution >= 4 is 46.6 Å². The number of hydrogen-bond acceptors (Lipinski definition) is 1. The average molecular weight is 149 g/mol. The molecule has 8 heavy (non-hydrogen) atoms. The maximum atomic E-state index is 8.56. The van der Waals surface area contributed by atoms with E-state index in [1.54, 1.807) is 0 Å². The van der Waals surface area contributed by atoms with Gasteiger partial charge in [0.15, 0.2) is 0 Å². The van der Waals surface area contributed by atoms with Gasteiger partial charge in [-0.15, -0.1) is 0 Å². The van der Waals surface area contributed by atoms with E-state index < -0.39 is 6.16 Å². The van der Waals surface area contributed by atoms with Crippen LogP contribution in [-0.4, -0.2) is 67.7 Å². The molecule has 5 nitrogen and oxygen atoms in total. The van der Waals surface area contributed by atoms with Crippen LogP contribution in [0.2, 0.25) is 0 Å². The molecule has 0 aromatic carbocycles. The summed E-state index contributed by atoms with van der Waals surface area (Å²) in [4.78, 5) is 8.56. The second kappa shape index (κ2) is 25.9. The van der Waals surface area contributed by atoms with E-state index in [1.807, 2.05) is 0 Å². The number of carbonyl (C=O) groups is 1. The molecule has 0 saturated carbocycles. The second-order valence-corrected chi connectivity index (χ2v) is 0.283. The van der Waals surface area contributed by atoms with Crippen molar-refractivity contribution in [2.24, 2.45) is 0 Å². The van der Waals surface area contributed by atoms with E-state index in [2.05, 4.69) is 0 Å². The van der Waals surface area contributed by atoms with Crippen LogP contribution in [0.25, 0.3) is 0 Å². The molecule has 0 bridgehead atoms. The van der Waals surface area contributed by atoms with Crippen molar-refractivity contribution < 1.29 is 26.0 Å². The fraction of sp³-hybridized carbons (Fsp3) is 0. The summed E-state index contributed by atoms with van der Waals surface area (Å²) in [5.74, 6) is 0. The van der Waals surface area contributed by atoms with Gasteiger partial charge >= 0.3 is 46.6 Å². The normalized spacial score (nSPS) is 3.00. The molecule has 40 valence electrons. The first-order valence-electron chi connectivity index (χ1n) is 0.651. The Bertz CT molecular complexity index is 35.4. The molecule has 0 aliphatic carbocycles. The van der Waals surface area contributed by atoms with Gasteiger partial charge in [0.05, 0.1) is 0 Å².